The molecule has 5 heteroatoms. The third-order valence-electron chi connectivity index (χ3n) is 2.62. The topological polar surface area (TPSA) is 49.3 Å². The Kier molecular flexibility index (Phi) is 4.58. The molecular formula is C14H11BrClNO2. The van der Waals surface area contributed by atoms with E-state index in [1.54, 1.807) is 42.5 Å². The fourth-order valence-electron chi connectivity index (χ4n) is 1.61. The predicted molar refractivity (Wildman–Crippen MR) is 79.5 cm³/mol. The van der Waals surface area contributed by atoms with E-state index >= 15 is 0 Å². The van der Waals surface area contributed by atoms with Crippen molar-refractivity contribution >= 4 is 39.1 Å². The SMILES string of the molecule is O=C(Nc1ccccc1CO)c1ccc(Br)c(Cl)c1. The van der Waals surface area contributed by atoms with Crippen molar-refractivity contribution in [1.29, 1.82) is 0 Å². The highest BCUT2D eigenvalue weighted by Gasteiger charge is 2.10. The minimum Gasteiger partial charge on any atom is -0.392 e. The van der Waals surface area contributed by atoms with Crippen LogP contribution in [0.15, 0.2) is 46.9 Å². The number of amides is 1. The fraction of sp³-hybridized carbons (Fsp3) is 0.0714. The quantitative estimate of drug-likeness (QED) is 0.891. The zero-order valence-corrected chi connectivity index (χ0v) is 12.2. The van der Waals surface area contributed by atoms with Crippen LogP contribution in [0.3, 0.4) is 0 Å². The number of hydrogen-bond acceptors (Lipinski definition) is 2. The summed E-state index contributed by atoms with van der Waals surface area (Å²) in [6.45, 7) is -0.127. The van der Waals surface area contributed by atoms with E-state index in [1.807, 2.05) is 0 Å². The zero-order chi connectivity index (χ0) is 13.8. The van der Waals surface area contributed by atoms with Crippen molar-refractivity contribution in [3.8, 4) is 0 Å². The first-order valence-corrected chi connectivity index (χ1v) is 6.74. The largest absolute Gasteiger partial charge is 0.392 e. The number of halogens is 2. The van der Waals surface area contributed by atoms with Gasteiger partial charge in [0, 0.05) is 21.3 Å². The Morgan fingerprint density at radius 2 is 2.00 bits per heavy atom. The van der Waals surface area contributed by atoms with Crippen molar-refractivity contribution < 1.29 is 9.90 Å². The molecule has 0 unspecified atom stereocenters. The lowest BCUT2D eigenvalue weighted by Gasteiger charge is -2.09. The first-order chi connectivity index (χ1) is 9.11. The molecule has 2 aromatic rings. The van der Waals surface area contributed by atoms with Gasteiger partial charge >= 0.3 is 0 Å². The molecule has 0 aromatic heterocycles. The van der Waals surface area contributed by atoms with Gasteiger partial charge in [0.25, 0.3) is 5.91 Å². The predicted octanol–water partition coefficient (Wildman–Crippen LogP) is 3.85. The smallest absolute Gasteiger partial charge is 0.255 e. The Balaban J connectivity index is 2.23. The van der Waals surface area contributed by atoms with Crippen LogP contribution in [0.5, 0.6) is 0 Å². The molecule has 0 radical (unpaired) electrons. The van der Waals surface area contributed by atoms with E-state index in [1.165, 1.54) is 0 Å². The number of carbonyl (C=O) groups is 1. The van der Waals surface area contributed by atoms with Crippen LogP contribution in [0.25, 0.3) is 0 Å². The van der Waals surface area contributed by atoms with Crippen LogP contribution >= 0.6 is 27.5 Å². The highest BCUT2D eigenvalue weighted by Crippen LogP contribution is 2.24. The summed E-state index contributed by atoms with van der Waals surface area (Å²) in [6.07, 6.45) is 0. The number of aliphatic hydroxyl groups excluding tert-OH is 1. The summed E-state index contributed by atoms with van der Waals surface area (Å²) in [5, 5.41) is 12.4. The van der Waals surface area contributed by atoms with E-state index < -0.39 is 0 Å². The molecule has 0 fully saturated rings. The summed E-state index contributed by atoms with van der Waals surface area (Å²) in [6, 6.07) is 12.1. The highest BCUT2D eigenvalue weighted by atomic mass is 79.9. The van der Waals surface area contributed by atoms with Gasteiger partial charge < -0.3 is 10.4 Å². The Hall–Kier alpha value is -1.36. The van der Waals surface area contributed by atoms with Crippen LogP contribution in [-0.2, 0) is 6.61 Å². The molecule has 0 aliphatic rings. The number of para-hydroxylation sites is 1. The average Bonchev–Trinajstić information content (AvgIpc) is 2.42. The Bertz CT molecular complexity index is 616. The third kappa shape index (κ3) is 3.35. The standard InChI is InChI=1S/C14H11BrClNO2/c15-11-6-5-9(7-12(11)16)14(19)17-13-4-2-1-3-10(13)8-18/h1-7,18H,8H2,(H,17,19). The number of carbonyl (C=O) groups excluding carboxylic acids is 1. The Labute approximate surface area is 124 Å². The molecule has 0 saturated heterocycles. The van der Waals surface area contributed by atoms with Gasteiger partial charge in [-0.3, -0.25) is 4.79 Å². The lowest BCUT2D eigenvalue weighted by atomic mass is 10.1. The molecule has 2 N–H and O–H groups in total. The minimum atomic E-state index is -0.268. The van der Waals surface area contributed by atoms with Crippen LogP contribution in [-0.4, -0.2) is 11.0 Å². The molecule has 0 heterocycles. The van der Waals surface area contributed by atoms with Crippen molar-refractivity contribution in [2.45, 2.75) is 6.61 Å². The fourth-order valence-corrected chi connectivity index (χ4v) is 2.04. The number of hydrogen-bond donors (Lipinski definition) is 2. The molecule has 0 spiro atoms. The molecular weight excluding hydrogens is 330 g/mol. The Morgan fingerprint density at radius 1 is 1.26 bits per heavy atom. The van der Waals surface area contributed by atoms with Gasteiger partial charge in [-0.25, -0.2) is 0 Å². The second kappa shape index (κ2) is 6.19. The molecule has 2 aromatic carbocycles. The summed E-state index contributed by atoms with van der Waals surface area (Å²) in [5.41, 5.74) is 1.72. The number of anilines is 1. The summed E-state index contributed by atoms with van der Waals surface area (Å²) in [7, 11) is 0. The van der Waals surface area contributed by atoms with Gasteiger partial charge in [0.15, 0.2) is 0 Å². The van der Waals surface area contributed by atoms with Crippen LogP contribution in [0.4, 0.5) is 5.69 Å². The second-order valence-corrected chi connectivity index (χ2v) is 5.16. The van der Waals surface area contributed by atoms with Crippen LogP contribution < -0.4 is 5.32 Å². The normalized spacial score (nSPS) is 10.3. The molecule has 2 rings (SSSR count). The first-order valence-electron chi connectivity index (χ1n) is 5.57. The summed E-state index contributed by atoms with van der Waals surface area (Å²) in [5.74, 6) is -0.268. The lowest BCUT2D eigenvalue weighted by molar-refractivity contribution is 0.102. The average molecular weight is 341 g/mol. The number of rotatable bonds is 3. The number of aliphatic hydroxyl groups is 1. The van der Waals surface area contributed by atoms with Crippen molar-refractivity contribution in [1.82, 2.24) is 0 Å². The lowest BCUT2D eigenvalue weighted by Crippen LogP contribution is -2.13. The van der Waals surface area contributed by atoms with Gasteiger partial charge in [0.2, 0.25) is 0 Å². The molecule has 3 nitrogen and oxygen atoms in total. The van der Waals surface area contributed by atoms with Gasteiger partial charge in [0.05, 0.1) is 11.6 Å². The number of benzene rings is 2. The molecule has 0 atom stereocenters. The first kappa shape index (κ1) is 14.1. The molecule has 98 valence electrons. The molecule has 0 aliphatic carbocycles. The maximum absolute atomic E-state index is 12.1. The van der Waals surface area contributed by atoms with E-state index in [2.05, 4.69) is 21.2 Å². The van der Waals surface area contributed by atoms with Crippen molar-refractivity contribution in [3.63, 3.8) is 0 Å². The summed E-state index contributed by atoms with van der Waals surface area (Å²) in [4.78, 5) is 12.1. The van der Waals surface area contributed by atoms with Crippen molar-refractivity contribution in [2.75, 3.05) is 5.32 Å². The van der Waals surface area contributed by atoms with E-state index in [-0.39, 0.29) is 12.5 Å². The molecule has 19 heavy (non-hydrogen) atoms. The van der Waals surface area contributed by atoms with Gasteiger partial charge in [0.1, 0.15) is 0 Å². The van der Waals surface area contributed by atoms with Crippen LogP contribution in [0.1, 0.15) is 15.9 Å². The van der Waals surface area contributed by atoms with Crippen molar-refractivity contribution in [3.05, 3.63) is 63.1 Å². The maximum Gasteiger partial charge on any atom is 0.255 e. The van der Waals surface area contributed by atoms with Crippen LogP contribution in [0.2, 0.25) is 5.02 Å². The monoisotopic (exact) mass is 339 g/mol. The Morgan fingerprint density at radius 3 is 2.68 bits per heavy atom. The van der Waals surface area contributed by atoms with Gasteiger partial charge in [-0.15, -0.1) is 0 Å². The molecule has 1 amide bonds. The maximum atomic E-state index is 12.1. The van der Waals surface area contributed by atoms with Crippen molar-refractivity contribution in [2.24, 2.45) is 0 Å². The second-order valence-electron chi connectivity index (χ2n) is 3.90. The van der Waals surface area contributed by atoms with E-state index in [9.17, 15) is 9.90 Å². The van der Waals surface area contributed by atoms with Gasteiger partial charge in [-0.1, -0.05) is 29.8 Å². The number of nitrogens with one attached hydrogen (secondary N) is 1. The zero-order valence-electron chi connectivity index (χ0n) is 9.86. The molecule has 0 saturated carbocycles. The van der Waals surface area contributed by atoms with Gasteiger partial charge in [-0.05, 0) is 40.2 Å². The molecule has 0 aliphatic heterocycles. The third-order valence-corrected chi connectivity index (χ3v) is 3.85. The molecule has 0 bridgehead atoms. The van der Waals surface area contributed by atoms with E-state index in [4.69, 9.17) is 11.6 Å². The van der Waals surface area contributed by atoms with E-state index in [0.29, 0.717) is 21.8 Å². The minimum absolute atomic E-state index is 0.127. The summed E-state index contributed by atoms with van der Waals surface area (Å²) < 4.78 is 0.737. The van der Waals surface area contributed by atoms with E-state index in [0.717, 1.165) is 4.47 Å². The van der Waals surface area contributed by atoms with Gasteiger partial charge in [-0.2, -0.15) is 0 Å². The van der Waals surface area contributed by atoms with Crippen LogP contribution in [0, 0.1) is 0 Å². The highest BCUT2D eigenvalue weighted by molar-refractivity contribution is 9.10. The summed E-state index contributed by atoms with van der Waals surface area (Å²) >= 11 is 9.22.